The Labute approximate surface area is 114 Å². The van der Waals surface area contributed by atoms with Crippen LogP contribution in [0.3, 0.4) is 0 Å². The lowest BCUT2D eigenvalue weighted by Crippen LogP contribution is -2.34. The topological polar surface area (TPSA) is 48.1 Å². The second-order valence-corrected chi connectivity index (χ2v) is 6.62. The second-order valence-electron chi connectivity index (χ2n) is 6.21. The predicted octanol–water partition coefficient (Wildman–Crippen LogP) is 3.91. The van der Waals surface area contributed by atoms with Crippen molar-refractivity contribution in [1.82, 2.24) is 4.98 Å². The highest BCUT2D eigenvalue weighted by atomic mass is 35.5. The summed E-state index contributed by atoms with van der Waals surface area (Å²) in [6.45, 7) is 6.85. The van der Waals surface area contributed by atoms with Gasteiger partial charge in [0.15, 0.2) is 0 Å². The van der Waals surface area contributed by atoms with Gasteiger partial charge in [0.2, 0.25) is 5.88 Å². The van der Waals surface area contributed by atoms with Gasteiger partial charge in [0, 0.05) is 0 Å². The third-order valence-electron chi connectivity index (χ3n) is 3.45. The quantitative estimate of drug-likeness (QED) is 0.885. The van der Waals surface area contributed by atoms with Crippen LogP contribution in [0.4, 0.5) is 5.69 Å². The van der Waals surface area contributed by atoms with Crippen LogP contribution < -0.4 is 10.5 Å². The van der Waals surface area contributed by atoms with Crippen LogP contribution in [-0.4, -0.2) is 11.1 Å². The van der Waals surface area contributed by atoms with Gasteiger partial charge in [0.1, 0.15) is 11.1 Å². The lowest BCUT2D eigenvalue weighted by atomic mass is 9.71. The van der Waals surface area contributed by atoms with E-state index in [2.05, 4.69) is 25.8 Å². The summed E-state index contributed by atoms with van der Waals surface area (Å²) in [5.74, 6) is 1.17. The Morgan fingerprint density at radius 1 is 1.44 bits per heavy atom. The Bertz CT molecular complexity index is 434. The molecule has 4 heteroatoms. The molecule has 0 bridgehead atoms. The smallest absolute Gasteiger partial charge is 0.232 e. The van der Waals surface area contributed by atoms with Gasteiger partial charge in [0.05, 0.1) is 11.9 Å². The van der Waals surface area contributed by atoms with E-state index in [1.165, 1.54) is 6.42 Å². The monoisotopic (exact) mass is 268 g/mol. The van der Waals surface area contributed by atoms with Crippen LogP contribution in [0.1, 0.15) is 40.0 Å². The minimum Gasteiger partial charge on any atom is -0.473 e. The molecule has 1 heterocycles. The van der Waals surface area contributed by atoms with E-state index in [1.54, 1.807) is 12.3 Å². The molecule has 0 saturated heterocycles. The van der Waals surface area contributed by atoms with Crippen LogP contribution in [0.25, 0.3) is 0 Å². The summed E-state index contributed by atoms with van der Waals surface area (Å²) in [4.78, 5) is 4.17. The molecular weight excluding hydrogens is 248 g/mol. The summed E-state index contributed by atoms with van der Waals surface area (Å²) in [5, 5.41) is 0.492. The average molecular weight is 269 g/mol. The van der Waals surface area contributed by atoms with Crippen molar-refractivity contribution in [3.8, 4) is 5.88 Å². The second kappa shape index (κ2) is 4.96. The summed E-state index contributed by atoms with van der Waals surface area (Å²) < 4.78 is 5.95. The Kier molecular flexibility index (Phi) is 3.71. The number of hydrogen-bond acceptors (Lipinski definition) is 3. The molecule has 0 spiro atoms. The van der Waals surface area contributed by atoms with E-state index in [0.717, 1.165) is 12.8 Å². The molecule has 2 atom stereocenters. The van der Waals surface area contributed by atoms with Gasteiger partial charge in [-0.1, -0.05) is 32.4 Å². The van der Waals surface area contributed by atoms with Crippen LogP contribution >= 0.6 is 11.6 Å². The molecule has 3 nitrogen and oxygen atoms in total. The number of nitrogen functional groups attached to an aromatic ring is 1. The number of nitrogens with two attached hydrogens (primary N) is 1. The zero-order valence-corrected chi connectivity index (χ0v) is 12.0. The first kappa shape index (κ1) is 13.5. The van der Waals surface area contributed by atoms with Crippen molar-refractivity contribution < 1.29 is 4.74 Å². The number of rotatable bonds is 2. The largest absolute Gasteiger partial charge is 0.473 e. The summed E-state index contributed by atoms with van der Waals surface area (Å²) >= 11 is 6.09. The zero-order chi connectivity index (χ0) is 13.3. The molecule has 1 saturated carbocycles. The molecule has 0 amide bonds. The number of pyridine rings is 1. The molecule has 2 unspecified atom stereocenters. The van der Waals surface area contributed by atoms with Gasteiger partial charge in [-0.05, 0) is 36.7 Å². The van der Waals surface area contributed by atoms with E-state index in [4.69, 9.17) is 22.1 Å². The van der Waals surface area contributed by atoms with Crippen molar-refractivity contribution in [2.24, 2.45) is 11.3 Å². The molecule has 0 aromatic carbocycles. The first-order valence-corrected chi connectivity index (χ1v) is 6.81. The Hall–Kier alpha value is -0.960. The molecule has 2 N–H and O–H groups in total. The molecule has 18 heavy (non-hydrogen) atoms. The fraction of sp³-hybridized carbons (Fsp3) is 0.643. The van der Waals surface area contributed by atoms with Crippen molar-refractivity contribution in [1.29, 1.82) is 0 Å². The van der Waals surface area contributed by atoms with Crippen molar-refractivity contribution in [3.05, 3.63) is 17.3 Å². The number of ether oxygens (including phenoxy) is 1. The molecule has 1 aromatic heterocycles. The van der Waals surface area contributed by atoms with Crippen molar-refractivity contribution >= 4 is 17.3 Å². The molecule has 100 valence electrons. The molecular formula is C14H21ClN2O. The minimum absolute atomic E-state index is 0.192. The lowest BCUT2D eigenvalue weighted by Gasteiger charge is -2.38. The van der Waals surface area contributed by atoms with Gasteiger partial charge in [-0.25, -0.2) is 4.98 Å². The Balaban J connectivity index is 2.09. The number of nitrogens with zero attached hydrogens (tertiary/aromatic N) is 1. The average Bonchev–Trinajstić information content (AvgIpc) is 2.19. The SMILES string of the molecule is CC1CC(Oc2ncc(N)cc2Cl)CC(C)(C)C1. The highest BCUT2D eigenvalue weighted by Gasteiger charge is 2.33. The Morgan fingerprint density at radius 3 is 2.78 bits per heavy atom. The first-order chi connectivity index (χ1) is 8.35. The van der Waals surface area contributed by atoms with E-state index < -0.39 is 0 Å². The maximum absolute atomic E-state index is 6.09. The van der Waals surface area contributed by atoms with Crippen molar-refractivity contribution in [3.63, 3.8) is 0 Å². The van der Waals surface area contributed by atoms with Gasteiger partial charge >= 0.3 is 0 Å². The fourth-order valence-corrected chi connectivity index (χ4v) is 3.25. The third-order valence-corrected chi connectivity index (χ3v) is 3.72. The number of anilines is 1. The summed E-state index contributed by atoms with van der Waals surface area (Å²) in [6.07, 6.45) is 5.12. The maximum Gasteiger partial charge on any atom is 0.232 e. The van der Waals surface area contributed by atoms with Crippen LogP contribution in [0, 0.1) is 11.3 Å². The van der Waals surface area contributed by atoms with Gasteiger partial charge in [0.25, 0.3) is 0 Å². The van der Waals surface area contributed by atoms with E-state index in [-0.39, 0.29) is 6.10 Å². The van der Waals surface area contributed by atoms with Crippen LogP contribution in [0.5, 0.6) is 5.88 Å². The summed E-state index contributed by atoms with van der Waals surface area (Å²) in [5.41, 5.74) is 6.51. The summed E-state index contributed by atoms with van der Waals surface area (Å²) in [7, 11) is 0. The van der Waals surface area contributed by atoms with E-state index >= 15 is 0 Å². The summed E-state index contributed by atoms with van der Waals surface area (Å²) in [6, 6.07) is 1.68. The normalized spacial score (nSPS) is 26.9. The lowest BCUT2D eigenvalue weighted by molar-refractivity contribution is 0.0533. The van der Waals surface area contributed by atoms with E-state index in [0.29, 0.717) is 27.9 Å². The van der Waals surface area contributed by atoms with Gasteiger partial charge in [-0.2, -0.15) is 0 Å². The van der Waals surface area contributed by atoms with Crippen LogP contribution in [-0.2, 0) is 0 Å². The maximum atomic E-state index is 6.09. The molecule has 2 rings (SSSR count). The molecule has 1 aromatic rings. The van der Waals surface area contributed by atoms with Gasteiger partial charge in [-0.15, -0.1) is 0 Å². The zero-order valence-electron chi connectivity index (χ0n) is 11.2. The van der Waals surface area contributed by atoms with Crippen LogP contribution in [0.15, 0.2) is 12.3 Å². The molecule has 1 fully saturated rings. The highest BCUT2D eigenvalue weighted by Crippen LogP contribution is 2.40. The van der Waals surface area contributed by atoms with E-state index in [1.807, 2.05) is 0 Å². The van der Waals surface area contributed by atoms with Gasteiger partial charge in [-0.3, -0.25) is 0 Å². The van der Waals surface area contributed by atoms with Crippen molar-refractivity contribution in [2.75, 3.05) is 5.73 Å². The number of hydrogen-bond donors (Lipinski definition) is 1. The molecule has 0 aliphatic heterocycles. The number of halogens is 1. The predicted molar refractivity (Wildman–Crippen MR) is 74.9 cm³/mol. The molecule has 0 radical (unpaired) electrons. The molecule has 1 aliphatic carbocycles. The van der Waals surface area contributed by atoms with Gasteiger partial charge < -0.3 is 10.5 Å². The minimum atomic E-state index is 0.192. The van der Waals surface area contributed by atoms with Crippen molar-refractivity contribution in [2.45, 2.75) is 46.1 Å². The molecule has 1 aliphatic rings. The Morgan fingerprint density at radius 2 is 2.17 bits per heavy atom. The third kappa shape index (κ3) is 3.29. The first-order valence-electron chi connectivity index (χ1n) is 6.43. The van der Waals surface area contributed by atoms with Crippen LogP contribution in [0.2, 0.25) is 5.02 Å². The fourth-order valence-electron chi connectivity index (χ4n) is 3.03. The van der Waals surface area contributed by atoms with E-state index in [9.17, 15) is 0 Å². The highest BCUT2D eigenvalue weighted by molar-refractivity contribution is 6.32. The standard InChI is InChI=1S/C14H21ClN2O/c1-9-4-11(7-14(2,3)6-9)18-13-12(15)5-10(16)8-17-13/h5,8-9,11H,4,6-7,16H2,1-3H3. The number of aromatic nitrogens is 1.